The van der Waals surface area contributed by atoms with Crippen LogP contribution in [0.1, 0.15) is 37.3 Å². The summed E-state index contributed by atoms with van der Waals surface area (Å²) in [6.07, 6.45) is 9.15. The minimum absolute atomic E-state index is 0.604. The second kappa shape index (κ2) is 4.13. The van der Waals surface area contributed by atoms with Crippen LogP contribution < -0.4 is 5.73 Å². The van der Waals surface area contributed by atoms with E-state index in [1.165, 1.54) is 24.8 Å². The third kappa shape index (κ3) is 1.82. The van der Waals surface area contributed by atoms with Gasteiger partial charge in [0.05, 0.1) is 12.2 Å². The maximum Gasteiger partial charge on any atom is 0.0547 e. The highest BCUT2D eigenvalue weighted by Gasteiger charge is 2.28. The number of hydrogen-bond donors (Lipinski definition) is 1. The Bertz CT molecular complexity index is 292. The predicted octanol–water partition coefficient (Wildman–Crippen LogP) is 1.88. The molecule has 0 saturated heterocycles. The Hall–Kier alpha value is -0.830. The molecule has 2 atom stereocenters. The van der Waals surface area contributed by atoms with Crippen molar-refractivity contribution >= 4 is 0 Å². The molecule has 2 N–H and O–H groups in total. The summed E-state index contributed by atoms with van der Waals surface area (Å²) in [5, 5.41) is 4.41. The monoisotopic (exact) mass is 193 g/mol. The van der Waals surface area contributed by atoms with Crippen molar-refractivity contribution in [3.05, 3.63) is 18.0 Å². The molecule has 1 saturated carbocycles. The van der Waals surface area contributed by atoms with E-state index in [0.29, 0.717) is 6.04 Å². The zero-order valence-electron chi connectivity index (χ0n) is 8.82. The lowest BCUT2D eigenvalue weighted by atomic mass is 10.00. The summed E-state index contributed by atoms with van der Waals surface area (Å²) in [5.74, 6) is 0.749. The minimum Gasteiger partial charge on any atom is -0.330 e. The van der Waals surface area contributed by atoms with Crippen molar-refractivity contribution in [3.8, 4) is 0 Å². The standard InChI is InChI=1S/C11H19N3/c1-9-7-13-14(8-9)11-4-2-3-10(11)5-6-12/h7-8,10-11H,2-6,12H2,1H3. The van der Waals surface area contributed by atoms with Crippen LogP contribution in [-0.4, -0.2) is 16.3 Å². The fourth-order valence-electron chi connectivity index (χ4n) is 2.53. The first-order valence-electron chi connectivity index (χ1n) is 5.52. The highest BCUT2D eigenvalue weighted by Crippen LogP contribution is 2.37. The summed E-state index contributed by atoms with van der Waals surface area (Å²) in [7, 11) is 0. The van der Waals surface area contributed by atoms with Crippen molar-refractivity contribution in [2.24, 2.45) is 11.7 Å². The molecule has 1 aliphatic rings. The molecule has 78 valence electrons. The van der Waals surface area contributed by atoms with E-state index in [4.69, 9.17) is 5.73 Å². The predicted molar refractivity (Wildman–Crippen MR) is 57.0 cm³/mol. The van der Waals surface area contributed by atoms with Crippen molar-refractivity contribution in [2.45, 2.75) is 38.6 Å². The van der Waals surface area contributed by atoms with E-state index in [-0.39, 0.29) is 0 Å². The van der Waals surface area contributed by atoms with Crippen LogP contribution >= 0.6 is 0 Å². The van der Waals surface area contributed by atoms with E-state index in [0.717, 1.165) is 18.9 Å². The second-order valence-corrected chi connectivity index (χ2v) is 4.33. The Morgan fingerprint density at radius 3 is 3.07 bits per heavy atom. The van der Waals surface area contributed by atoms with Crippen molar-refractivity contribution in [1.82, 2.24) is 9.78 Å². The molecule has 0 aromatic carbocycles. The lowest BCUT2D eigenvalue weighted by Gasteiger charge is -2.19. The van der Waals surface area contributed by atoms with Gasteiger partial charge >= 0.3 is 0 Å². The number of hydrogen-bond acceptors (Lipinski definition) is 2. The van der Waals surface area contributed by atoms with Crippen LogP contribution in [0, 0.1) is 12.8 Å². The Labute approximate surface area is 85.3 Å². The van der Waals surface area contributed by atoms with E-state index in [2.05, 4.69) is 22.9 Å². The van der Waals surface area contributed by atoms with Gasteiger partial charge in [0, 0.05) is 6.20 Å². The molecule has 1 aliphatic carbocycles. The first-order chi connectivity index (χ1) is 6.81. The van der Waals surface area contributed by atoms with Crippen LogP contribution in [0.15, 0.2) is 12.4 Å². The van der Waals surface area contributed by atoms with E-state index >= 15 is 0 Å². The van der Waals surface area contributed by atoms with Gasteiger partial charge in [-0.2, -0.15) is 5.10 Å². The number of aryl methyl sites for hydroxylation is 1. The smallest absolute Gasteiger partial charge is 0.0547 e. The number of nitrogens with two attached hydrogens (primary N) is 1. The fourth-order valence-corrected chi connectivity index (χ4v) is 2.53. The fraction of sp³-hybridized carbons (Fsp3) is 0.727. The molecule has 0 amide bonds. The zero-order valence-corrected chi connectivity index (χ0v) is 8.82. The van der Waals surface area contributed by atoms with Gasteiger partial charge in [0.2, 0.25) is 0 Å². The third-order valence-corrected chi connectivity index (χ3v) is 3.23. The van der Waals surface area contributed by atoms with Gasteiger partial charge in [0.15, 0.2) is 0 Å². The van der Waals surface area contributed by atoms with Crippen LogP contribution in [0.2, 0.25) is 0 Å². The van der Waals surface area contributed by atoms with Crippen molar-refractivity contribution < 1.29 is 0 Å². The summed E-state index contributed by atoms with van der Waals surface area (Å²) < 4.78 is 2.14. The summed E-state index contributed by atoms with van der Waals surface area (Å²) in [6, 6.07) is 0.604. The molecule has 0 radical (unpaired) electrons. The Kier molecular flexibility index (Phi) is 2.87. The molecular formula is C11H19N3. The lowest BCUT2D eigenvalue weighted by Crippen LogP contribution is -2.17. The van der Waals surface area contributed by atoms with Crippen molar-refractivity contribution in [1.29, 1.82) is 0 Å². The molecule has 2 rings (SSSR count). The van der Waals surface area contributed by atoms with Gasteiger partial charge in [-0.3, -0.25) is 4.68 Å². The second-order valence-electron chi connectivity index (χ2n) is 4.33. The quantitative estimate of drug-likeness (QED) is 0.796. The van der Waals surface area contributed by atoms with Crippen molar-refractivity contribution in [2.75, 3.05) is 6.54 Å². The zero-order chi connectivity index (χ0) is 9.97. The average Bonchev–Trinajstić information content (AvgIpc) is 2.74. The molecule has 3 heteroatoms. The normalized spacial score (nSPS) is 27.0. The van der Waals surface area contributed by atoms with Crippen LogP contribution in [0.3, 0.4) is 0 Å². The molecule has 2 unspecified atom stereocenters. The number of rotatable bonds is 3. The minimum atomic E-state index is 0.604. The summed E-state index contributed by atoms with van der Waals surface area (Å²) in [5.41, 5.74) is 6.88. The Morgan fingerprint density at radius 2 is 2.43 bits per heavy atom. The van der Waals surface area contributed by atoms with Crippen LogP contribution in [0.4, 0.5) is 0 Å². The SMILES string of the molecule is Cc1cnn(C2CCCC2CCN)c1. The van der Waals surface area contributed by atoms with Gasteiger partial charge in [-0.25, -0.2) is 0 Å². The maximum absolute atomic E-state index is 5.62. The summed E-state index contributed by atoms with van der Waals surface area (Å²) in [6.45, 7) is 2.90. The Morgan fingerprint density at radius 1 is 1.57 bits per heavy atom. The highest BCUT2D eigenvalue weighted by molar-refractivity contribution is 5.01. The third-order valence-electron chi connectivity index (χ3n) is 3.23. The van der Waals surface area contributed by atoms with Crippen LogP contribution in [0.5, 0.6) is 0 Å². The summed E-state index contributed by atoms with van der Waals surface area (Å²) >= 11 is 0. The van der Waals surface area contributed by atoms with Gasteiger partial charge in [-0.15, -0.1) is 0 Å². The molecule has 1 heterocycles. The molecule has 0 spiro atoms. The maximum atomic E-state index is 5.62. The molecule has 3 nitrogen and oxygen atoms in total. The number of nitrogens with zero attached hydrogens (tertiary/aromatic N) is 2. The van der Waals surface area contributed by atoms with Gasteiger partial charge < -0.3 is 5.73 Å². The topological polar surface area (TPSA) is 43.8 Å². The van der Waals surface area contributed by atoms with E-state index in [9.17, 15) is 0 Å². The highest BCUT2D eigenvalue weighted by atomic mass is 15.3. The molecule has 0 aliphatic heterocycles. The van der Waals surface area contributed by atoms with E-state index in [1.54, 1.807) is 0 Å². The molecule has 0 bridgehead atoms. The van der Waals surface area contributed by atoms with Crippen molar-refractivity contribution in [3.63, 3.8) is 0 Å². The first kappa shape index (κ1) is 9.71. The van der Waals surface area contributed by atoms with Gasteiger partial charge in [-0.1, -0.05) is 6.42 Å². The van der Waals surface area contributed by atoms with Crippen LogP contribution in [-0.2, 0) is 0 Å². The summed E-state index contributed by atoms with van der Waals surface area (Å²) in [4.78, 5) is 0. The van der Waals surface area contributed by atoms with Gasteiger partial charge in [0.25, 0.3) is 0 Å². The molecule has 14 heavy (non-hydrogen) atoms. The number of aromatic nitrogens is 2. The van der Waals surface area contributed by atoms with Crippen LogP contribution in [0.25, 0.3) is 0 Å². The Balaban J connectivity index is 2.09. The van der Waals surface area contributed by atoms with Gasteiger partial charge in [-0.05, 0) is 44.2 Å². The molecule has 1 fully saturated rings. The largest absolute Gasteiger partial charge is 0.330 e. The molecule has 1 aromatic heterocycles. The molecular weight excluding hydrogens is 174 g/mol. The van der Waals surface area contributed by atoms with E-state index in [1.807, 2.05) is 6.20 Å². The van der Waals surface area contributed by atoms with Gasteiger partial charge in [0.1, 0.15) is 0 Å². The molecule has 1 aromatic rings. The average molecular weight is 193 g/mol. The first-order valence-corrected chi connectivity index (χ1v) is 5.52. The lowest BCUT2D eigenvalue weighted by molar-refractivity contribution is 0.337. The van der Waals surface area contributed by atoms with E-state index < -0.39 is 0 Å².